The monoisotopic (exact) mass is 190 g/mol. The standard InChI is InChI=1S/C10H14N4/c1-7-10(12-3-2-11-7)14-6-8-4-9(14)5-13-8/h2-3,8-9,13H,4-6H2,1H3. The van der Waals surface area contributed by atoms with Gasteiger partial charge >= 0.3 is 0 Å². The minimum Gasteiger partial charge on any atom is -0.349 e. The summed E-state index contributed by atoms with van der Waals surface area (Å²) in [7, 11) is 0. The third kappa shape index (κ3) is 1.10. The summed E-state index contributed by atoms with van der Waals surface area (Å²) < 4.78 is 0. The van der Waals surface area contributed by atoms with Crippen LogP contribution in [0, 0.1) is 6.92 Å². The number of rotatable bonds is 1. The molecule has 0 amide bonds. The molecule has 2 bridgehead atoms. The summed E-state index contributed by atoms with van der Waals surface area (Å²) in [5.41, 5.74) is 1.04. The molecule has 74 valence electrons. The van der Waals surface area contributed by atoms with Gasteiger partial charge in [-0.2, -0.15) is 0 Å². The average molecular weight is 190 g/mol. The summed E-state index contributed by atoms with van der Waals surface area (Å²) >= 11 is 0. The molecular formula is C10H14N4. The average Bonchev–Trinajstić information content (AvgIpc) is 2.79. The maximum absolute atomic E-state index is 4.41. The lowest BCUT2D eigenvalue weighted by molar-refractivity contribution is 0.574. The predicted octanol–water partition coefficient (Wildman–Crippen LogP) is 0.336. The molecule has 0 radical (unpaired) electrons. The molecule has 2 atom stereocenters. The number of nitrogens with one attached hydrogen (secondary N) is 1. The van der Waals surface area contributed by atoms with Crippen LogP contribution in [0.5, 0.6) is 0 Å². The molecule has 4 heteroatoms. The van der Waals surface area contributed by atoms with Crippen LogP contribution >= 0.6 is 0 Å². The van der Waals surface area contributed by atoms with E-state index in [0.29, 0.717) is 12.1 Å². The molecule has 3 rings (SSSR count). The molecule has 0 aromatic carbocycles. The van der Waals surface area contributed by atoms with Gasteiger partial charge in [-0.3, -0.25) is 4.98 Å². The highest BCUT2D eigenvalue weighted by molar-refractivity contribution is 5.46. The van der Waals surface area contributed by atoms with Gasteiger partial charge in [0.2, 0.25) is 0 Å². The highest BCUT2D eigenvalue weighted by atomic mass is 15.3. The van der Waals surface area contributed by atoms with E-state index in [1.807, 2.05) is 6.92 Å². The Morgan fingerprint density at radius 2 is 2.29 bits per heavy atom. The third-order valence-electron chi connectivity index (χ3n) is 3.18. The zero-order valence-corrected chi connectivity index (χ0v) is 8.27. The van der Waals surface area contributed by atoms with Crippen molar-refractivity contribution in [3.63, 3.8) is 0 Å². The van der Waals surface area contributed by atoms with Crippen LogP contribution in [-0.4, -0.2) is 35.1 Å². The summed E-state index contributed by atoms with van der Waals surface area (Å²) in [6.07, 6.45) is 4.79. The number of aromatic nitrogens is 2. The van der Waals surface area contributed by atoms with Crippen molar-refractivity contribution < 1.29 is 0 Å². The summed E-state index contributed by atoms with van der Waals surface area (Å²) in [5, 5.41) is 3.49. The quantitative estimate of drug-likeness (QED) is 0.693. The SMILES string of the molecule is Cc1nccnc1N1CC2CC1CN2. The maximum Gasteiger partial charge on any atom is 0.150 e. The van der Waals surface area contributed by atoms with Crippen LogP contribution in [0.3, 0.4) is 0 Å². The maximum atomic E-state index is 4.41. The number of piperazine rings is 1. The van der Waals surface area contributed by atoms with Gasteiger partial charge in [-0.1, -0.05) is 0 Å². The van der Waals surface area contributed by atoms with E-state index < -0.39 is 0 Å². The second kappa shape index (κ2) is 2.92. The van der Waals surface area contributed by atoms with E-state index in [-0.39, 0.29) is 0 Å². The molecule has 2 fully saturated rings. The molecule has 2 aliphatic rings. The van der Waals surface area contributed by atoms with Gasteiger partial charge in [0.15, 0.2) is 0 Å². The van der Waals surface area contributed by atoms with Gasteiger partial charge in [-0.05, 0) is 13.3 Å². The second-order valence-electron chi connectivity index (χ2n) is 4.11. The van der Waals surface area contributed by atoms with Gasteiger partial charge in [-0.15, -0.1) is 0 Å². The van der Waals surface area contributed by atoms with Gasteiger partial charge < -0.3 is 10.2 Å². The van der Waals surface area contributed by atoms with Crippen molar-refractivity contribution in [3.8, 4) is 0 Å². The van der Waals surface area contributed by atoms with Crippen molar-refractivity contribution in [2.45, 2.75) is 25.4 Å². The highest BCUT2D eigenvalue weighted by Crippen LogP contribution is 2.28. The highest BCUT2D eigenvalue weighted by Gasteiger charge is 2.38. The lowest BCUT2D eigenvalue weighted by Gasteiger charge is -2.29. The van der Waals surface area contributed by atoms with Gasteiger partial charge in [0, 0.05) is 37.6 Å². The van der Waals surface area contributed by atoms with Gasteiger partial charge in [-0.25, -0.2) is 4.98 Å². The lowest BCUT2D eigenvalue weighted by atomic mass is 10.2. The first-order valence-corrected chi connectivity index (χ1v) is 5.12. The van der Waals surface area contributed by atoms with E-state index in [2.05, 4.69) is 20.2 Å². The van der Waals surface area contributed by atoms with E-state index in [0.717, 1.165) is 24.6 Å². The molecule has 1 aromatic rings. The van der Waals surface area contributed by atoms with Crippen LogP contribution in [0.25, 0.3) is 0 Å². The van der Waals surface area contributed by atoms with Gasteiger partial charge in [0.05, 0.1) is 5.69 Å². The van der Waals surface area contributed by atoms with Crippen LogP contribution in [0.15, 0.2) is 12.4 Å². The number of hydrogen-bond donors (Lipinski definition) is 1. The Kier molecular flexibility index (Phi) is 1.70. The minimum atomic E-state index is 0.635. The largest absolute Gasteiger partial charge is 0.349 e. The molecule has 0 saturated carbocycles. The van der Waals surface area contributed by atoms with Crippen molar-refractivity contribution in [2.75, 3.05) is 18.0 Å². The van der Waals surface area contributed by atoms with Crippen LogP contribution in [0.2, 0.25) is 0 Å². The number of nitrogens with zero attached hydrogens (tertiary/aromatic N) is 3. The first kappa shape index (κ1) is 8.17. The molecule has 1 N–H and O–H groups in total. The fourth-order valence-electron chi connectivity index (χ4n) is 2.50. The molecule has 0 spiro atoms. The third-order valence-corrected chi connectivity index (χ3v) is 3.18. The molecular weight excluding hydrogens is 176 g/mol. The predicted molar refractivity (Wildman–Crippen MR) is 54.3 cm³/mol. The van der Waals surface area contributed by atoms with Crippen molar-refractivity contribution in [2.24, 2.45) is 0 Å². The Morgan fingerprint density at radius 1 is 1.43 bits per heavy atom. The van der Waals surface area contributed by atoms with Crippen LogP contribution in [0.4, 0.5) is 5.82 Å². The van der Waals surface area contributed by atoms with Crippen molar-refractivity contribution in [3.05, 3.63) is 18.1 Å². The van der Waals surface area contributed by atoms with E-state index in [1.165, 1.54) is 6.42 Å². The summed E-state index contributed by atoms with van der Waals surface area (Å²) in [6.45, 7) is 4.21. The fraction of sp³-hybridized carbons (Fsp3) is 0.600. The number of aryl methyl sites for hydroxylation is 1. The fourth-order valence-corrected chi connectivity index (χ4v) is 2.50. The molecule has 2 unspecified atom stereocenters. The second-order valence-corrected chi connectivity index (χ2v) is 4.11. The Hall–Kier alpha value is -1.16. The Labute approximate surface area is 83.4 Å². The first-order valence-electron chi connectivity index (χ1n) is 5.12. The minimum absolute atomic E-state index is 0.635. The zero-order valence-electron chi connectivity index (χ0n) is 8.27. The molecule has 14 heavy (non-hydrogen) atoms. The lowest BCUT2D eigenvalue weighted by Crippen LogP contribution is -2.44. The molecule has 4 nitrogen and oxygen atoms in total. The molecule has 0 aliphatic carbocycles. The summed E-state index contributed by atoms with van der Waals surface area (Å²) in [6, 6.07) is 1.30. The zero-order chi connectivity index (χ0) is 9.54. The Bertz CT molecular complexity index is 352. The van der Waals surface area contributed by atoms with Gasteiger partial charge in [0.25, 0.3) is 0 Å². The van der Waals surface area contributed by atoms with E-state index in [4.69, 9.17) is 0 Å². The normalized spacial score (nSPS) is 29.9. The van der Waals surface area contributed by atoms with E-state index >= 15 is 0 Å². The van der Waals surface area contributed by atoms with Crippen LogP contribution in [0.1, 0.15) is 12.1 Å². The smallest absolute Gasteiger partial charge is 0.150 e. The summed E-state index contributed by atoms with van der Waals surface area (Å²) in [5.74, 6) is 1.07. The van der Waals surface area contributed by atoms with Crippen LogP contribution < -0.4 is 10.2 Å². The summed E-state index contributed by atoms with van der Waals surface area (Å²) in [4.78, 5) is 11.1. The van der Waals surface area contributed by atoms with Crippen LogP contribution in [-0.2, 0) is 0 Å². The van der Waals surface area contributed by atoms with Crippen molar-refractivity contribution in [1.82, 2.24) is 15.3 Å². The topological polar surface area (TPSA) is 41.1 Å². The van der Waals surface area contributed by atoms with Gasteiger partial charge in [0.1, 0.15) is 5.82 Å². The van der Waals surface area contributed by atoms with Crippen molar-refractivity contribution >= 4 is 5.82 Å². The van der Waals surface area contributed by atoms with E-state index in [9.17, 15) is 0 Å². The molecule has 3 heterocycles. The van der Waals surface area contributed by atoms with Crippen molar-refractivity contribution in [1.29, 1.82) is 0 Å². The number of fused-ring (bicyclic) bond motifs is 2. The molecule has 2 saturated heterocycles. The molecule has 1 aromatic heterocycles. The Balaban J connectivity index is 1.93. The first-order chi connectivity index (χ1) is 6.84. The Morgan fingerprint density at radius 3 is 2.93 bits per heavy atom. The molecule has 2 aliphatic heterocycles. The van der Waals surface area contributed by atoms with E-state index in [1.54, 1.807) is 12.4 Å². The number of hydrogen-bond acceptors (Lipinski definition) is 4. The number of anilines is 1.